The van der Waals surface area contributed by atoms with E-state index in [2.05, 4.69) is 37.2 Å². The van der Waals surface area contributed by atoms with E-state index < -0.39 is 17.8 Å². The van der Waals surface area contributed by atoms with E-state index in [4.69, 9.17) is 32.7 Å². The van der Waals surface area contributed by atoms with Crippen LogP contribution in [0.2, 0.25) is 10.0 Å². The Hall–Kier alpha value is -2.85. The lowest BCUT2D eigenvalue weighted by atomic mass is 10.1. The van der Waals surface area contributed by atoms with Crippen LogP contribution in [0.3, 0.4) is 0 Å². The number of barbiturate groups is 1. The third kappa shape index (κ3) is 5.85. The van der Waals surface area contributed by atoms with Gasteiger partial charge in [0.1, 0.15) is 12.2 Å². The van der Waals surface area contributed by atoms with Crippen molar-refractivity contribution in [2.75, 3.05) is 12.0 Å². The second kappa shape index (κ2) is 11.3. The zero-order chi connectivity index (χ0) is 26.9. The van der Waals surface area contributed by atoms with Crippen LogP contribution in [0.1, 0.15) is 16.7 Å². The van der Waals surface area contributed by atoms with Crippen LogP contribution in [0.5, 0.6) is 11.5 Å². The van der Waals surface area contributed by atoms with Gasteiger partial charge < -0.3 is 9.47 Å². The highest BCUT2D eigenvalue weighted by Gasteiger charge is 2.37. The van der Waals surface area contributed by atoms with Gasteiger partial charge in [-0.1, -0.05) is 45.2 Å². The monoisotopic (exact) mass is 666 g/mol. The fourth-order valence-corrected chi connectivity index (χ4v) is 4.72. The summed E-state index contributed by atoms with van der Waals surface area (Å²) in [6.45, 7) is 2.02. The molecule has 7 nitrogen and oxygen atoms in total. The van der Waals surface area contributed by atoms with Crippen LogP contribution in [-0.4, -0.2) is 25.0 Å². The van der Waals surface area contributed by atoms with Gasteiger partial charge in [0.2, 0.25) is 0 Å². The molecule has 11 heteroatoms. The molecule has 0 spiro atoms. The molecule has 0 unspecified atom stereocenters. The minimum atomic E-state index is -0.821. The Labute approximate surface area is 239 Å². The Morgan fingerprint density at radius 1 is 0.973 bits per heavy atom. The van der Waals surface area contributed by atoms with Gasteiger partial charge in [0.05, 0.1) is 27.3 Å². The molecule has 0 radical (unpaired) electrons. The predicted octanol–water partition coefficient (Wildman–Crippen LogP) is 7.08. The molecule has 1 aliphatic heterocycles. The first-order valence-electron chi connectivity index (χ1n) is 10.7. The number of methoxy groups -OCH3 is 1. The normalized spacial score (nSPS) is 14.7. The van der Waals surface area contributed by atoms with Crippen LogP contribution in [0, 0.1) is 6.92 Å². The number of ether oxygens (including phenoxy) is 2. The highest BCUT2D eigenvalue weighted by molar-refractivity contribution is 9.10. The molecule has 0 bridgehead atoms. The number of amides is 4. The van der Waals surface area contributed by atoms with Gasteiger partial charge in [-0.05, 0) is 88.1 Å². The average Bonchev–Trinajstić information content (AvgIpc) is 2.85. The Balaban J connectivity index is 1.64. The molecule has 0 aliphatic carbocycles. The number of carbonyl (C=O) groups excluding carboxylic acids is 3. The molecule has 3 aromatic rings. The van der Waals surface area contributed by atoms with Crippen molar-refractivity contribution in [2.45, 2.75) is 13.5 Å². The number of urea groups is 1. The Kier molecular flexibility index (Phi) is 8.28. The number of imide groups is 2. The molecular weight excluding hydrogens is 651 g/mol. The van der Waals surface area contributed by atoms with Crippen molar-refractivity contribution in [3.63, 3.8) is 0 Å². The SMILES string of the molecule is COc1cc(/C=C2\C(=O)NC(=O)N(c3ccc(Br)c(C)c3)C2=O)cc(Br)c1OCc1ccc(Cl)c(Cl)c1. The summed E-state index contributed by atoms with van der Waals surface area (Å²) in [6.07, 6.45) is 1.39. The number of nitrogens with one attached hydrogen (secondary N) is 1. The Morgan fingerprint density at radius 2 is 1.73 bits per heavy atom. The van der Waals surface area contributed by atoms with Gasteiger partial charge in [0.15, 0.2) is 11.5 Å². The van der Waals surface area contributed by atoms with Gasteiger partial charge in [0.25, 0.3) is 11.8 Å². The van der Waals surface area contributed by atoms with Crippen LogP contribution in [0.15, 0.2) is 63.0 Å². The van der Waals surface area contributed by atoms with Crippen LogP contribution < -0.4 is 19.7 Å². The zero-order valence-electron chi connectivity index (χ0n) is 19.4. The van der Waals surface area contributed by atoms with Gasteiger partial charge in [-0.3, -0.25) is 14.9 Å². The molecule has 1 N–H and O–H groups in total. The summed E-state index contributed by atoms with van der Waals surface area (Å²) < 4.78 is 12.8. The average molecular weight is 669 g/mol. The van der Waals surface area contributed by atoms with E-state index in [1.165, 1.54) is 13.2 Å². The fraction of sp³-hybridized carbons (Fsp3) is 0.115. The Bertz CT molecular complexity index is 1480. The van der Waals surface area contributed by atoms with E-state index in [1.54, 1.807) is 48.5 Å². The van der Waals surface area contributed by atoms with Crippen molar-refractivity contribution in [3.05, 3.63) is 89.8 Å². The summed E-state index contributed by atoms with van der Waals surface area (Å²) in [5, 5.41) is 3.08. The number of benzene rings is 3. The third-order valence-electron chi connectivity index (χ3n) is 5.43. The van der Waals surface area contributed by atoms with Crippen molar-refractivity contribution >= 4 is 84.7 Å². The number of halogens is 4. The van der Waals surface area contributed by atoms with Crippen LogP contribution in [-0.2, 0) is 16.2 Å². The van der Waals surface area contributed by atoms with Crippen LogP contribution in [0.4, 0.5) is 10.5 Å². The fourth-order valence-electron chi connectivity index (χ4n) is 3.57. The standard InChI is InChI=1S/C26H18Br2Cl2N2O5/c1-13-7-16(4-5-18(13)27)32-25(34)17(24(33)31-26(32)35)8-15-9-19(28)23(22(11-15)36-2)37-12-14-3-6-20(29)21(30)10-14/h3-11H,12H2,1-2H3,(H,31,33,35)/b17-8+. The zero-order valence-corrected chi connectivity index (χ0v) is 24.1. The molecule has 1 fully saturated rings. The second-order valence-electron chi connectivity index (χ2n) is 7.96. The van der Waals surface area contributed by atoms with Crippen molar-refractivity contribution in [2.24, 2.45) is 0 Å². The maximum atomic E-state index is 13.2. The summed E-state index contributed by atoms with van der Waals surface area (Å²) in [6, 6.07) is 12.7. The summed E-state index contributed by atoms with van der Waals surface area (Å²) in [5.74, 6) is -0.765. The molecule has 190 valence electrons. The quantitative estimate of drug-likeness (QED) is 0.224. The maximum absolute atomic E-state index is 13.2. The number of carbonyl (C=O) groups is 3. The van der Waals surface area contributed by atoms with Crippen LogP contribution >= 0.6 is 55.1 Å². The van der Waals surface area contributed by atoms with Crippen molar-refractivity contribution in [3.8, 4) is 11.5 Å². The van der Waals surface area contributed by atoms with Gasteiger partial charge in [0, 0.05) is 4.47 Å². The summed E-state index contributed by atoms with van der Waals surface area (Å²) in [4.78, 5) is 39.3. The first-order valence-corrected chi connectivity index (χ1v) is 13.0. The summed E-state index contributed by atoms with van der Waals surface area (Å²) in [7, 11) is 1.47. The molecule has 0 saturated carbocycles. The molecule has 4 rings (SSSR count). The van der Waals surface area contributed by atoms with E-state index in [-0.39, 0.29) is 12.2 Å². The smallest absolute Gasteiger partial charge is 0.335 e. The van der Waals surface area contributed by atoms with Gasteiger partial charge in [-0.2, -0.15) is 0 Å². The molecule has 0 aromatic heterocycles. The Morgan fingerprint density at radius 3 is 2.41 bits per heavy atom. The predicted molar refractivity (Wildman–Crippen MR) is 149 cm³/mol. The van der Waals surface area contributed by atoms with Crippen molar-refractivity contribution < 1.29 is 23.9 Å². The first kappa shape index (κ1) is 27.2. The minimum Gasteiger partial charge on any atom is -0.493 e. The van der Waals surface area contributed by atoms with E-state index in [0.29, 0.717) is 37.3 Å². The number of nitrogens with zero attached hydrogens (tertiary/aromatic N) is 1. The lowest BCUT2D eigenvalue weighted by Gasteiger charge is -2.26. The van der Waals surface area contributed by atoms with Gasteiger partial charge >= 0.3 is 6.03 Å². The first-order chi connectivity index (χ1) is 17.6. The highest BCUT2D eigenvalue weighted by atomic mass is 79.9. The van der Waals surface area contributed by atoms with Gasteiger partial charge in [-0.15, -0.1) is 0 Å². The van der Waals surface area contributed by atoms with Crippen molar-refractivity contribution in [1.29, 1.82) is 0 Å². The maximum Gasteiger partial charge on any atom is 0.335 e. The minimum absolute atomic E-state index is 0.191. The number of aryl methyl sites for hydroxylation is 1. The lowest BCUT2D eigenvalue weighted by molar-refractivity contribution is -0.122. The molecule has 4 amide bonds. The van der Waals surface area contributed by atoms with E-state index in [0.717, 1.165) is 20.5 Å². The highest BCUT2D eigenvalue weighted by Crippen LogP contribution is 2.38. The van der Waals surface area contributed by atoms with E-state index in [9.17, 15) is 14.4 Å². The van der Waals surface area contributed by atoms with Crippen molar-refractivity contribution in [1.82, 2.24) is 5.32 Å². The number of hydrogen-bond acceptors (Lipinski definition) is 5. The number of rotatable bonds is 6. The molecular formula is C26H18Br2Cl2N2O5. The van der Waals surface area contributed by atoms with E-state index >= 15 is 0 Å². The number of hydrogen-bond donors (Lipinski definition) is 1. The molecule has 1 heterocycles. The van der Waals surface area contributed by atoms with E-state index in [1.807, 2.05) is 6.92 Å². The second-order valence-corrected chi connectivity index (χ2v) is 10.5. The molecule has 37 heavy (non-hydrogen) atoms. The molecule has 3 aromatic carbocycles. The summed E-state index contributed by atoms with van der Waals surface area (Å²) >= 11 is 18.9. The van der Waals surface area contributed by atoms with Gasteiger partial charge in [-0.25, -0.2) is 9.69 Å². The summed E-state index contributed by atoms with van der Waals surface area (Å²) in [5.41, 5.74) is 2.23. The van der Waals surface area contributed by atoms with Crippen LogP contribution in [0.25, 0.3) is 6.08 Å². The topological polar surface area (TPSA) is 84.9 Å². The number of anilines is 1. The largest absolute Gasteiger partial charge is 0.493 e. The molecule has 0 atom stereocenters. The molecule has 1 saturated heterocycles. The molecule has 1 aliphatic rings. The lowest BCUT2D eigenvalue weighted by Crippen LogP contribution is -2.54. The third-order valence-corrected chi connectivity index (χ3v) is 7.65.